The van der Waals surface area contributed by atoms with Crippen molar-refractivity contribution in [3.63, 3.8) is 0 Å². The van der Waals surface area contributed by atoms with Gasteiger partial charge in [0.15, 0.2) is 0 Å². The number of pyridine rings is 1. The third-order valence-corrected chi connectivity index (χ3v) is 6.49. The van der Waals surface area contributed by atoms with Crippen LogP contribution in [-0.4, -0.2) is 47.2 Å². The van der Waals surface area contributed by atoms with Crippen LogP contribution in [0.15, 0.2) is 42.9 Å². The van der Waals surface area contributed by atoms with Gasteiger partial charge in [0.05, 0.1) is 16.9 Å². The molecule has 33 heavy (non-hydrogen) atoms. The Hall–Kier alpha value is -3.68. The second kappa shape index (κ2) is 7.72. The van der Waals surface area contributed by atoms with E-state index >= 15 is 0 Å². The minimum Gasteiger partial charge on any atom is -0.465 e. The fourth-order valence-corrected chi connectivity index (χ4v) is 5.23. The number of nitrogens with two attached hydrogens (primary N) is 1. The highest BCUT2D eigenvalue weighted by molar-refractivity contribution is 6.03. The summed E-state index contributed by atoms with van der Waals surface area (Å²) in [7, 11) is 0. The highest BCUT2D eigenvalue weighted by atomic mass is 16.4. The molecule has 4 heterocycles. The quantitative estimate of drug-likeness (QED) is 0.463. The minimum atomic E-state index is -0.902. The average molecular weight is 445 g/mol. The van der Waals surface area contributed by atoms with E-state index in [-0.39, 0.29) is 6.04 Å². The lowest BCUT2D eigenvalue weighted by atomic mass is 9.98. The van der Waals surface area contributed by atoms with Gasteiger partial charge in [-0.05, 0) is 52.2 Å². The van der Waals surface area contributed by atoms with E-state index in [1.165, 1.54) is 6.33 Å². The number of nitrogen functional groups attached to an aromatic ring is 1. The molecule has 0 saturated heterocycles. The van der Waals surface area contributed by atoms with E-state index in [0.29, 0.717) is 12.4 Å². The van der Waals surface area contributed by atoms with E-state index in [2.05, 4.69) is 25.6 Å². The molecule has 0 fully saturated rings. The monoisotopic (exact) mass is 444 g/mol. The molecular formula is C25H28N6O2. The number of rotatable bonds is 2. The van der Waals surface area contributed by atoms with Crippen LogP contribution in [0.25, 0.3) is 33.1 Å². The summed E-state index contributed by atoms with van der Waals surface area (Å²) < 4.78 is 2.15. The van der Waals surface area contributed by atoms with Gasteiger partial charge in [-0.25, -0.2) is 14.8 Å². The lowest BCUT2D eigenvalue weighted by Gasteiger charge is -2.39. The molecule has 0 radical (unpaired) electrons. The topological polar surface area (TPSA) is 110 Å². The van der Waals surface area contributed by atoms with Gasteiger partial charge in [-0.15, -0.1) is 0 Å². The van der Waals surface area contributed by atoms with Crippen molar-refractivity contribution >= 4 is 33.8 Å². The van der Waals surface area contributed by atoms with Crippen molar-refractivity contribution in [2.75, 3.05) is 5.73 Å². The maximum atomic E-state index is 12.2. The SMILES string of the molecule is CC(C)(C)N(C(=O)O)[C@H]1CCCc2c(-c3cnc4ccccc4c3)c3c(N)ncnc3n2C1. The summed E-state index contributed by atoms with van der Waals surface area (Å²) in [6.07, 6.45) is 4.90. The number of benzene rings is 1. The molecule has 1 atom stereocenters. The first kappa shape index (κ1) is 21.2. The van der Waals surface area contributed by atoms with Gasteiger partial charge in [0.1, 0.15) is 17.8 Å². The molecule has 3 aromatic heterocycles. The van der Waals surface area contributed by atoms with Gasteiger partial charge in [0.2, 0.25) is 0 Å². The van der Waals surface area contributed by atoms with Crippen LogP contribution in [-0.2, 0) is 13.0 Å². The fourth-order valence-electron chi connectivity index (χ4n) is 5.23. The first-order valence-electron chi connectivity index (χ1n) is 11.2. The van der Waals surface area contributed by atoms with Crippen LogP contribution >= 0.6 is 0 Å². The summed E-state index contributed by atoms with van der Waals surface area (Å²) in [6.45, 7) is 6.33. The third-order valence-electron chi connectivity index (χ3n) is 6.49. The molecule has 0 aliphatic carbocycles. The van der Waals surface area contributed by atoms with E-state index in [9.17, 15) is 9.90 Å². The molecule has 8 nitrogen and oxygen atoms in total. The summed E-state index contributed by atoms with van der Waals surface area (Å²) in [5.74, 6) is 0.422. The molecule has 0 bridgehead atoms. The Labute approximate surface area is 192 Å². The van der Waals surface area contributed by atoms with E-state index < -0.39 is 11.6 Å². The predicted octanol–water partition coefficient (Wildman–Crippen LogP) is 4.71. The molecule has 1 aliphatic rings. The summed E-state index contributed by atoms with van der Waals surface area (Å²) in [6, 6.07) is 9.98. The Kier molecular flexibility index (Phi) is 4.96. The average Bonchev–Trinajstić information content (AvgIpc) is 2.92. The van der Waals surface area contributed by atoms with E-state index in [1.807, 2.05) is 51.2 Å². The van der Waals surface area contributed by atoms with Crippen molar-refractivity contribution < 1.29 is 9.90 Å². The van der Waals surface area contributed by atoms with Crippen molar-refractivity contribution in [1.82, 2.24) is 24.4 Å². The van der Waals surface area contributed by atoms with Crippen LogP contribution in [0.3, 0.4) is 0 Å². The number of para-hydroxylation sites is 1. The predicted molar refractivity (Wildman–Crippen MR) is 129 cm³/mol. The number of hydrogen-bond acceptors (Lipinski definition) is 5. The van der Waals surface area contributed by atoms with E-state index in [1.54, 1.807) is 4.90 Å². The summed E-state index contributed by atoms with van der Waals surface area (Å²) >= 11 is 0. The summed E-state index contributed by atoms with van der Waals surface area (Å²) in [5.41, 5.74) is 10.6. The smallest absolute Gasteiger partial charge is 0.408 e. The number of fused-ring (bicyclic) bond motifs is 4. The largest absolute Gasteiger partial charge is 0.465 e. The van der Waals surface area contributed by atoms with Gasteiger partial charge in [-0.2, -0.15) is 0 Å². The molecule has 1 amide bonds. The Morgan fingerprint density at radius 1 is 1.21 bits per heavy atom. The lowest BCUT2D eigenvalue weighted by Crippen LogP contribution is -2.52. The van der Waals surface area contributed by atoms with Crippen LogP contribution in [0.4, 0.5) is 10.6 Å². The van der Waals surface area contributed by atoms with Crippen molar-refractivity contribution in [2.45, 2.75) is 58.2 Å². The number of hydrogen-bond donors (Lipinski definition) is 2. The molecule has 170 valence electrons. The van der Waals surface area contributed by atoms with Crippen molar-refractivity contribution in [1.29, 1.82) is 0 Å². The number of aromatic nitrogens is 4. The molecule has 0 unspecified atom stereocenters. The standard InChI is InChI=1S/C25H28N6O2/c1-25(2,3)31(24(32)33)17-8-6-10-19-20(16-11-15-7-4-5-9-18(15)27-12-16)21-22(26)28-14-29-23(21)30(19)13-17/h4-5,7,9,11-12,14,17H,6,8,10,13H2,1-3H3,(H,32,33)(H2,26,28,29)/t17-/m0/s1. The van der Waals surface area contributed by atoms with Crippen LogP contribution in [0.2, 0.25) is 0 Å². The number of carboxylic acid groups (broad SMARTS) is 1. The molecule has 0 spiro atoms. The maximum absolute atomic E-state index is 12.2. The van der Waals surface area contributed by atoms with Gasteiger partial charge in [0.25, 0.3) is 0 Å². The maximum Gasteiger partial charge on any atom is 0.408 e. The zero-order chi connectivity index (χ0) is 23.3. The number of amides is 1. The zero-order valence-corrected chi connectivity index (χ0v) is 19.1. The second-order valence-corrected chi connectivity index (χ2v) is 9.68. The van der Waals surface area contributed by atoms with Crippen LogP contribution in [0, 0.1) is 0 Å². The normalized spacial score (nSPS) is 16.5. The summed E-state index contributed by atoms with van der Waals surface area (Å²) in [5, 5.41) is 11.9. The molecule has 8 heteroatoms. The van der Waals surface area contributed by atoms with Crippen LogP contribution in [0.5, 0.6) is 0 Å². The van der Waals surface area contributed by atoms with Gasteiger partial charge in [-0.1, -0.05) is 18.2 Å². The summed E-state index contributed by atoms with van der Waals surface area (Å²) in [4.78, 5) is 27.3. The Morgan fingerprint density at radius 3 is 2.76 bits per heavy atom. The molecule has 5 rings (SSSR count). The first-order chi connectivity index (χ1) is 15.8. The Morgan fingerprint density at radius 2 is 2.00 bits per heavy atom. The van der Waals surface area contributed by atoms with E-state index in [0.717, 1.165) is 58.0 Å². The van der Waals surface area contributed by atoms with Crippen molar-refractivity contribution in [3.8, 4) is 11.1 Å². The zero-order valence-electron chi connectivity index (χ0n) is 19.1. The number of nitrogens with zero attached hydrogens (tertiary/aromatic N) is 5. The third kappa shape index (κ3) is 3.55. The highest BCUT2D eigenvalue weighted by Crippen LogP contribution is 2.40. The minimum absolute atomic E-state index is 0.168. The highest BCUT2D eigenvalue weighted by Gasteiger charge is 2.36. The number of anilines is 1. The molecule has 1 aliphatic heterocycles. The Balaban J connectivity index is 1.72. The van der Waals surface area contributed by atoms with Crippen LogP contribution in [0.1, 0.15) is 39.3 Å². The van der Waals surface area contributed by atoms with E-state index in [4.69, 9.17) is 5.73 Å². The van der Waals surface area contributed by atoms with Crippen LogP contribution < -0.4 is 5.73 Å². The Bertz CT molecular complexity index is 1370. The molecule has 1 aromatic carbocycles. The molecule has 3 N–H and O–H groups in total. The fraction of sp³-hybridized carbons (Fsp3) is 0.360. The number of carbonyl (C=O) groups is 1. The van der Waals surface area contributed by atoms with Gasteiger partial charge < -0.3 is 15.4 Å². The van der Waals surface area contributed by atoms with Crippen molar-refractivity contribution in [3.05, 3.63) is 48.5 Å². The van der Waals surface area contributed by atoms with Crippen molar-refractivity contribution in [2.24, 2.45) is 0 Å². The lowest BCUT2D eigenvalue weighted by molar-refractivity contribution is 0.0622. The molecular weight excluding hydrogens is 416 g/mol. The van der Waals surface area contributed by atoms with Gasteiger partial charge in [0, 0.05) is 40.5 Å². The van der Waals surface area contributed by atoms with Gasteiger partial charge in [-0.3, -0.25) is 9.88 Å². The molecule has 0 saturated carbocycles. The van der Waals surface area contributed by atoms with Gasteiger partial charge >= 0.3 is 6.09 Å². The molecule has 4 aromatic rings. The first-order valence-corrected chi connectivity index (χ1v) is 11.2. The second-order valence-electron chi connectivity index (χ2n) is 9.68.